The van der Waals surface area contributed by atoms with Gasteiger partial charge in [-0.25, -0.2) is 0 Å². The molecule has 0 unspecified atom stereocenters. The maximum Gasteiger partial charge on any atom is 0.255 e. The fourth-order valence-corrected chi connectivity index (χ4v) is 3.16. The van der Waals surface area contributed by atoms with Crippen molar-refractivity contribution in [1.29, 1.82) is 0 Å². The quantitative estimate of drug-likeness (QED) is 0.518. The molecule has 0 saturated carbocycles. The summed E-state index contributed by atoms with van der Waals surface area (Å²) in [6.07, 6.45) is -1.40. The van der Waals surface area contributed by atoms with E-state index >= 15 is 0 Å². The summed E-state index contributed by atoms with van der Waals surface area (Å²) in [5, 5.41) is 14.4. The van der Waals surface area contributed by atoms with Crippen LogP contribution in [0.25, 0.3) is 10.4 Å². The van der Waals surface area contributed by atoms with Crippen LogP contribution in [0.15, 0.2) is 60.0 Å². The van der Waals surface area contributed by atoms with Gasteiger partial charge in [-0.2, -0.15) is 0 Å². The summed E-state index contributed by atoms with van der Waals surface area (Å²) >= 11 is 1.60. The SMILES string of the molecule is NC(=O)[C@@H](O)c1ccc(C(=O)Nc2cc(-c3cccs3)ccc2N)cc1. The van der Waals surface area contributed by atoms with E-state index in [1.54, 1.807) is 17.4 Å². The first kappa shape index (κ1) is 17.7. The molecule has 1 heterocycles. The van der Waals surface area contributed by atoms with Crippen molar-refractivity contribution in [3.63, 3.8) is 0 Å². The normalized spacial score (nSPS) is 11.7. The highest BCUT2D eigenvalue weighted by atomic mass is 32.1. The van der Waals surface area contributed by atoms with E-state index in [1.807, 2.05) is 29.6 Å². The Balaban J connectivity index is 1.79. The Hall–Kier alpha value is -3.16. The molecule has 0 bridgehead atoms. The van der Waals surface area contributed by atoms with E-state index in [0.29, 0.717) is 22.5 Å². The summed E-state index contributed by atoms with van der Waals surface area (Å²) in [5.74, 6) is -1.19. The van der Waals surface area contributed by atoms with Gasteiger partial charge in [-0.05, 0) is 46.8 Å². The summed E-state index contributed by atoms with van der Waals surface area (Å²) in [4.78, 5) is 24.5. The molecule has 3 rings (SSSR count). The van der Waals surface area contributed by atoms with E-state index in [4.69, 9.17) is 11.5 Å². The number of nitrogen functional groups attached to an aromatic ring is 1. The molecule has 0 fully saturated rings. The number of thiophene rings is 1. The number of primary amides is 1. The molecule has 1 atom stereocenters. The van der Waals surface area contributed by atoms with Gasteiger partial charge >= 0.3 is 0 Å². The van der Waals surface area contributed by atoms with Gasteiger partial charge in [0.05, 0.1) is 11.4 Å². The lowest BCUT2D eigenvalue weighted by molar-refractivity contribution is -0.126. The number of aliphatic hydroxyl groups excluding tert-OH is 1. The van der Waals surface area contributed by atoms with E-state index in [1.165, 1.54) is 24.3 Å². The maximum absolute atomic E-state index is 12.5. The average molecular weight is 367 g/mol. The van der Waals surface area contributed by atoms with Crippen molar-refractivity contribution in [1.82, 2.24) is 0 Å². The third kappa shape index (κ3) is 3.74. The fraction of sp³-hybridized carbons (Fsp3) is 0.0526. The van der Waals surface area contributed by atoms with Crippen molar-refractivity contribution in [2.75, 3.05) is 11.1 Å². The zero-order valence-corrected chi connectivity index (χ0v) is 14.5. The van der Waals surface area contributed by atoms with Gasteiger partial charge in [0, 0.05) is 10.4 Å². The van der Waals surface area contributed by atoms with E-state index in [-0.39, 0.29) is 5.91 Å². The molecule has 0 saturated heterocycles. The highest BCUT2D eigenvalue weighted by Crippen LogP contribution is 2.30. The molecule has 0 spiro atoms. The predicted octanol–water partition coefficient (Wildman–Crippen LogP) is 2.77. The first-order valence-electron chi connectivity index (χ1n) is 7.78. The van der Waals surface area contributed by atoms with E-state index in [0.717, 1.165) is 10.4 Å². The van der Waals surface area contributed by atoms with E-state index in [2.05, 4.69) is 5.32 Å². The molecule has 6 N–H and O–H groups in total. The van der Waals surface area contributed by atoms with Crippen LogP contribution < -0.4 is 16.8 Å². The second-order valence-corrected chi connectivity index (χ2v) is 6.61. The molecular formula is C19H17N3O3S. The maximum atomic E-state index is 12.5. The molecule has 3 aromatic rings. The Morgan fingerprint density at radius 2 is 1.81 bits per heavy atom. The number of hydrogen-bond acceptors (Lipinski definition) is 5. The number of nitrogens with two attached hydrogens (primary N) is 2. The lowest BCUT2D eigenvalue weighted by Gasteiger charge is -2.11. The lowest BCUT2D eigenvalue weighted by Crippen LogP contribution is -2.21. The fourth-order valence-electron chi connectivity index (χ4n) is 2.44. The van der Waals surface area contributed by atoms with Gasteiger partial charge in [0.2, 0.25) is 0 Å². The monoisotopic (exact) mass is 367 g/mol. The zero-order valence-electron chi connectivity index (χ0n) is 13.7. The smallest absolute Gasteiger partial charge is 0.255 e. The summed E-state index contributed by atoms with van der Waals surface area (Å²) in [7, 11) is 0. The highest BCUT2D eigenvalue weighted by molar-refractivity contribution is 7.13. The number of nitrogens with one attached hydrogen (secondary N) is 1. The largest absolute Gasteiger partial charge is 0.397 e. The molecule has 7 heteroatoms. The van der Waals surface area contributed by atoms with Gasteiger partial charge in [-0.3, -0.25) is 9.59 Å². The van der Waals surface area contributed by atoms with Crippen molar-refractivity contribution in [3.05, 3.63) is 71.1 Å². The summed E-state index contributed by atoms with van der Waals surface area (Å²) in [6, 6.07) is 15.4. The van der Waals surface area contributed by atoms with E-state index in [9.17, 15) is 14.7 Å². The molecule has 0 radical (unpaired) electrons. The minimum absolute atomic E-state index is 0.327. The number of rotatable bonds is 5. The van der Waals surface area contributed by atoms with Crippen LogP contribution in [0.5, 0.6) is 0 Å². The summed E-state index contributed by atoms with van der Waals surface area (Å²) in [6.45, 7) is 0. The second-order valence-electron chi connectivity index (χ2n) is 5.66. The van der Waals surface area contributed by atoms with Crippen LogP contribution in [0, 0.1) is 0 Å². The van der Waals surface area contributed by atoms with Crippen LogP contribution in [-0.4, -0.2) is 16.9 Å². The summed E-state index contributed by atoms with van der Waals surface area (Å²) < 4.78 is 0. The predicted molar refractivity (Wildman–Crippen MR) is 103 cm³/mol. The Morgan fingerprint density at radius 1 is 1.08 bits per heavy atom. The molecule has 26 heavy (non-hydrogen) atoms. The zero-order chi connectivity index (χ0) is 18.7. The number of carbonyl (C=O) groups excluding carboxylic acids is 2. The topological polar surface area (TPSA) is 118 Å². The van der Waals surface area contributed by atoms with Gasteiger partial charge in [-0.15, -0.1) is 11.3 Å². The molecule has 0 aliphatic carbocycles. The molecular weight excluding hydrogens is 350 g/mol. The Labute approximate surface area is 154 Å². The molecule has 0 aliphatic rings. The molecule has 132 valence electrons. The van der Waals surface area contributed by atoms with Crippen molar-refractivity contribution >= 4 is 34.5 Å². The van der Waals surface area contributed by atoms with Gasteiger partial charge in [0.25, 0.3) is 11.8 Å². The third-order valence-electron chi connectivity index (χ3n) is 3.87. The number of benzene rings is 2. The van der Waals surface area contributed by atoms with Crippen molar-refractivity contribution in [2.45, 2.75) is 6.10 Å². The molecule has 0 aliphatic heterocycles. The van der Waals surface area contributed by atoms with Crippen LogP contribution in [0.2, 0.25) is 0 Å². The number of hydrogen-bond donors (Lipinski definition) is 4. The Kier molecular flexibility index (Phi) is 5.01. The first-order valence-corrected chi connectivity index (χ1v) is 8.66. The minimum atomic E-state index is -1.40. The molecule has 2 amide bonds. The highest BCUT2D eigenvalue weighted by Gasteiger charge is 2.15. The second kappa shape index (κ2) is 7.38. The van der Waals surface area contributed by atoms with Crippen LogP contribution in [0.4, 0.5) is 11.4 Å². The summed E-state index contributed by atoms with van der Waals surface area (Å²) in [5.41, 5.74) is 13.7. The first-order chi connectivity index (χ1) is 12.5. The Morgan fingerprint density at radius 3 is 2.42 bits per heavy atom. The number of amides is 2. The minimum Gasteiger partial charge on any atom is -0.397 e. The van der Waals surface area contributed by atoms with E-state index < -0.39 is 12.0 Å². The van der Waals surface area contributed by atoms with Crippen molar-refractivity contribution < 1.29 is 14.7 Å². The standard InChI is InChI=1S/C19H17N3O3S/c20-14-8-7-13(16-2-1-9-26-16)10-15(14)22-19(25)12-5-3-11(4-6-12)17(23)18(21)24/h1-10,17,23H,20H2,(H2,21,24)(H,22,25)/t17-/m0/s1. The van der Waals surface area contributed by atoms with Gasteiger partial charge < -0.3 is 21.9 Å². The van der Waals surface area contributed by atoms with Crippen molar-refractivity contribution in [3.8, 4) is 10.4 Å². The van der Waals surface area contributed by atoms with Crippen LogP contribution in [-0.2, 0) is 4.79 Å². The van der Waals surface area contributed by atoms with Crippen LogP contribution in [0.3, 0.4) is 0 Å². The lowest BCUT2D eigenvalue weighted by atomic mass is 10.1. The molecule has 6 nitrogen and oxygen atoms in total. The van der Waals surface area contributed by atoms with Gasteiger partial charge in [0.1, 0.15) is 0 Å². The Bertz CT molecular complexity index is 937. The van der Waals surface area contributed by atoms with Gasteiger partial charge in [0.15, 0.2) is 6.10 Å². The van der Waals surface area contributed by atoms with Crippen LogP contribution >= 0.6 is 11.3 Å². The van der Waals surface area contributed by atoms with Crippen LogP contribution in [0.1, 0.15) is 22.0 Å². The molecule has 2 aromatic carbocycles. The third-order valence-corrected chi connectivity index (χ3v) is 4.78. The van der Waals surface area contributed by atoms with Gasteiger partial charge in [-0.1, -0.05) is 24.3 Å². The van der Waals surface area contributed by atoms with Crippen molar-refractivity contribution in [2.24, 2.45) is 5.73 Å². The number of anilines is 2. The number of carbonyl (C=O) groups is 2. The number of aliphatic hydroxyl groups is 1. The average Bonchev–Trinajstić information content (AvgIpc) is 3.17. The molecule has 1 aromatic heterocycles.